The molecule has 0 saturated carbocycles. The molecule has 0 aliphatic heterocycles. The molecule has 0 aliphatic rings. The van der Waals surface area contributed by atoms with Crippen LogP contribution >= 0.6 is 0 Å². The van der Waals surface area contributed by atoms with E-state index in [4.69, 9.17) is 4.74 Å². The van der Waals surface area contributed by atoms with Gasteiger partial charge in [-0.15, -0.1) is 0 Å². The van der Waals surface area contributed by atoms with Crippen LogP contribution in [0.3, 0.4) is 0 Å². The van der Waals surface area contributed by atoms with Crippen LogP contribution in [0.2, 0.25) is 0 Å². The summed E-state index contributed by atoms with van der Waals surface area (Å²) in [7, 11) is 1.40. The number of halogens is 6. The van der Waals surface area contributed by atoms with Crippen LogP contribution in [0.5, 0.6) is 0 Å². The molecule has 7 heteroatoms. The Kier molecular flexibility index (Phi) is 6.12. The van der Waals surface area contributed by atoms with Gasteiger partial charge in [-0.3, -0.25) is 0 Å². The lowest BCUT2D eigenvalue weighted by Crippen LogP contribution is -1.97. The van der Waals surface area contributed by atoms with Gasteiger partial charge in [0.2, 0.25) is 0 Å². The van der Waals surface area contributed by atoms with E-state index in [2.05, 4.69) is 11.8 Å². The molecular weight excluding hydrogens is 442 g/mol. The van der Waals surface area contributed by atoms with Gasteiger partial charge in [0.15, 0.2) is 17.5 Å². The third-order valence-corrected chi connectivity index (χ3v) is 4.98. The summed E-state index contributed by atoms with van der Waals surface area (Å²) in [6.45, 7) is 0.0278. The van der Waals surface area contributed by atoms with E-state index in [1.165, 1.54) is 37.4 Å². The lowest BCUT2D eigenvalue weighted by molar-refractivity contribution is 0.184. The number of hydrogen-bond acceptors (Lipinski definition) is 1. The molecule has 0 saturated heterocycles. The fourth-order valence-corrected chi connectivity index (χ4v) is 3.45. The van der Waals surface area contributed by atoms with E-state index in [0.29, 0.717) is 11.1 Å². The van der Waals surface area contributed by atoms with Crippen LogP contribution in [0.15, 0.2) is 54.6 Å². The third kappa shape index (κ3) is 4.43. The van der Waals surface area contributed by atoms with Crippen molar-refractivity contribution in [3.63, 3.8) is 0 Å². The van der Waals surface area contributed by atoms with Gasteiger partial charge in [-0.25, -0.2) is 26.3 Å². The Hall–Kier alpha value is -3.76. The van der Waals surface area contributed by atoms with E-state index >= 15 is 0 Å². The molecule has 0 spiro atoms. The SMILES string of the molecule is COCc1cc(F)c(-c2ccc(C#Cc3ccc4c(F)c(F)c(F)cc4c3)c(F)c2)c(F)c1. The maximum absolute atomic E-state index is 14.6. The Balaban J connectivity index is 1.67. The standard InChI is InChI=1S/C26H14F6O/c1-33-13-15-9-21(28)24(22(29)10-15)17-6-5-16(20(27)11-17)4-2-14-3-7-19-18(8-14)12-23(30)26(32)25(19)31/h3,5-12H,13H2,1H3. The van der Waals surface area contributed by atoms with Crippen molar-refractivity contribution in [3.05, 3.63) is 106 Å². The van der Waals surface area contributed by atoms with Gasteiger partial charge >= 0.3 is 0 Å². The van der Waals surface area contributed by atoms with Crippen LogP contribution in [0.4, 0.5) is 26.3 Å². The topological polar surface area (TPSA) is 9.23 Å². The van der Waals surface area contributed by atoms with Crippen molar-refractivity contribution in [2.75, 3.05) is 7.11 Å². The minimum absolute atomic E-state index is 0.00398. The Morgan fingerprint density at radius 1 is 0.697 bits per heavy atom. The molecule has 0 heterocycles. The number of hydrogen-bond donors (Lipinski definition) is 0. The molecule has 4 aromatic rings. The molecule has 166 valence electrons. The Labute approximate surface area is 185 Å². The quantitative estimate of drug-likeness (QED) is 0.185. The summed E-state index contributed by atoms with van der Waals surface area (Å²) in [6.07, 6.45) is 0. The zero-order valence-corrected chi connectivity index (χ0v) is 17.1. The summed E-state index contributed by atoms with van der Waals surface area (Å²) in [5.74, 6) is -1.48. The predicted octanol–water partition coefficient (Wildman–Crippen LogP) is 6.89. The first-order valence-corrected chi connectivity index (χ1v) is 9.64. The highest BCUT2D eigenvalue weighted by Gasteiger charge is 2.16. The second-order valence-electron chi connectivity index (χ2n) is 7.23. The minimum atomic E-state index is -1.57. The monoisotopic (exact) mass is 456 g/mol. The summed E-state index contributed by atoms with van der Waals surface area (Å²) >= 11 is 0. The average molecular weight is 456 g/mol. The molecular formula is C26H14F6O. The molecule has 4 aromatic carbocycles. The van der Waals surface area contributed by atoms with Gasteiger partial charge in [0.25, 0.3) is 0 Å². The summed E-state index contributed by atoms with van der Waals surface area (Å²) in [5.41, 5.74) is 0.182. The van der Waals surface area contributed by atoms with Crippen LogP contribution in [-0.2, 0) is 11.3 Å². The van der Waals surface area contributed by atoms with Gasteiger partial charge in [-0.1, -0.05) is 24.0 Å². The van der Waals surface area contributed by atoms with Crippen LogP contribution in [0.25, 0.3) is 21.9 Å². The van der Waals surface area contributed by atoms with Gasteiger partial charge in [0.05, 0.1) is 17.7 Å². The summed E-state index contributed by atoms with van der Waals surface area (Å²) in [6, 6.07) is 10.6. The lowest BCUT2D eigenvalue weighted by Gasteiger charge is -2.09. The highest BCUT2D eigenvalue weighted by Crippen LogP contribution is 2.29. The smallest absolute Gasteiger partial charge is 0.195 e. The molecule has 1 nitrogen and oxygen atoms in total. The Bertz CT molecular complexity index is 1430. The van der Waals surface area contributed by atoms with Crippen molar-refractivity contribution >= 4 is 10.8 Å². The average Bonchev–Trinajstić information content (AvgIpc) is 2.76. The van der Waals surface area contributed by atoms with E-state index in [-0.39, 0.29) is 34.1 Å². The summed E-state index contributed by atoms with van der Waals surface area (Å²) < 4.78 is 88.9. The van der Waals surface area contributed by atoms with Gasteiger partial charge in [-0.05, 0) is 59.0 Å². The first kappa shape index (κ1) is 22.4. The van der Waals surface area contributed by atoms with E-state index in [9.17, 15) is 26.3 Å². The largest absolute Gasteiger partial charge is 0.380 e. The molecule has 0 unspecified atom stereocenters. The van der Waals surface area contributed by atoms with Crippen molar-refractivity contribution in [2.24, 2.45) is 0 Å². The third-order valence-electron chi connectivity index (χ3n) is 4.98. The van der Waals surface area contributed by atoms with Crippen molar-refractivity contribution in [2.45, 2.75) is 6.61 Å². The van der Waals surface area contributed by atoms with Gasteiger partial charge < -0.3 is 4.74 Å². The summed E-state index contributed by atoms with van der Waals surface area (Å²) in [5, 5.41) is -0.0209. The molecule has 33 heavy (non-hydrogen) atoms. The second kappa shape index (κ2) is 9.00. The Morgan fingerprint density at radius 3 is 2.09 bits per heavy atom. The zero-order chi connectivity index (χ0) is 23.7. The molecule has 0 fully saturated rings. The highest BCUT2D eigenvalue weighted by molar-refractivity contribution is 5.84. The van der Waals surface area contributed by atoms with Gasteiger partial charge in [-0.2, -0.15) is 0 Å². The fourth-order valence-electron chi connectivity index (χ4n) is 3.45. The van der Waals surface area contributed by atoms with E-state index in [0.717, 1.165) is 24.3 Å². The first-order valence-electron chi connectivity index (χ1n) is 9.64. The number of rotatable bonds is 3. The van der Waals surface area contributed by atoms with Gasteiger partial charge in [0, 0.05) is 18.1 Å². The van der Waals surface area contributed by atoms with Crippen LogP contribution in [-0.4, -0.2) is 7.11 Å². The molecule has 0 atom stereocenters. The first-order chi connectivity index (χ1) is 15.8. The van der Waals surface area contributed by atoms with Crippen LogP contribution in [0.1, 0.15) is 16.7 Å². The number of benzene rings is 4. The molecule has 0 aliphatic carbocycles. The molecule has 0 aromatic heterocycles. The molecule has 0 bridgehead atoms. The zero-order valence-electron chi connectivity index (χ0n) is 17.1. The second-order valence-corrected chi connectivity index (χ2v) is 7.23. The number of fused-ring (bicyclic) bond motifs is 1. The van der Waals surface area contributed by atoms with Crippen molar-refractivity contribution in [1.82, 2.24) is 0 Å². The van der Waals surface area contributed by atoms with E-state index in [1.54, 1.807) is 0 Å². The predicted molar refractivity (Wildman–Crippen MR) is 112 cm³/mol. The number of ether oxygens (including phenoxy) is 1. The summed E-state index contributed by atoms with van der Waals surface area (Å²) in [4.78, 5) is 0. The van der Waals surface area contributed by atoms with Gasteiger partial charge in [0.1, 0.15) is 17.5 Å². The van der Waals surface area contributed by atoms with Crippen molar-refractivity contribution < 1.29 is 31.1 Å². The van der Waals surface area contributed by atoms with Crippen molar-refractivity contribution in [3.8, 4) is 23.0 Å². The fraction of sp³-hybridized carbons (Fsp3) is 0.0769. The van der Waals surface area contributed by atoms with E-state index in [1.807, 2.05) is 0 Å². The molecule has 4 rings (SSSR count). The number of methoxy groups -OCH3 is 1. The maximum Gasteiger partial charge on any atom is 0.195 e. The van der Waals surface area contributed by atoms with Crippen LogP contribution in [0, 0.1) is 46.7 Å². The highest BCUT2D eigenvalue weighted by atomic mass is 19.2. The Morgan fingerprint density at radius 2 is 1.42 bits per heavy atom. The minimum Gasteiger partial charge on any atom is -0.380 e. The lowest BCUT2D eigenvalue weighted by atomic mass is 10.0. The maximum atomic E-state index is 14.6. The molecule has 0 amide bonds. The van der Waals surface area contributed by atoms with E-state index < -0.39 is 34.9 Å². The molecule has 0 radical (unpaired) electrons. The molecule has 0 N–H and O–H groups in total. The van der Waals surface area contributed by atoms with Crippen LogP contribution < -0.4 is 0 Å². The normalized spacial score (nSPS) is 10.9. The van der Waals surface area contributed by atoms with Crippen molar-refractivity contribution in [1.29, 1.82) is 0 Å².